The van der Waals surface area contributed by atoms with Crippen LogP contribution in [0.4, 0.5) is 11.4 Å². The molecule has 9 heteroatoms. The second kappa shape index (κ2) is 11.0. The van der Waals surface area contributed by atoms with Gasteiger partial charge in [0, 0.05) is 50.3 Å². The fraction of sp³-hybridized carbons (Fsp3) is 0.241. The van der Waals surface area contributed by atoms with Gasteiger partial charge in [-0.1, -0.05) is 24.3 Å². The number of piperazine rings is 1. The van der Waals surface area contributed by atoms with Crippen LogP contribution in [-0.4, -0.2) is 53.8 Å². The van der Waals surface area contributed by atoms with Gasteiger partial charge in [0.25, 0.3) is 5.91 Å². The van der Waals surface area contributed by atoms with Crippen molar-refractivity contribution in [1.82, 2.24) is 4.90 Å². The highest BCUT2D eigenvalue weighted by Gasteiger charge is 2.24. The number of benzene rings is 2. The van der Waals surface area contributed by atoms with Crippen molar-refractivity contribution in [3.05, 3.63) is 77.3 Å². The van der Waals surface area contributed by atoms with Crippen molar-refractivity contribution < 1.29 is 23.9 Å². The molecule has 1 aliphatic heterocycles. The first-order valence-corrected chi connectivity index (χ1v) is 12.2. The fourth-order valence-corrected chi connectivity index (χ4v) is 4.37. The molecule has 194 valence electrons. The van der Waals surface area contributed by atoms with Crippen LogP contribution >= 0.6 is 0 Å². The Labute approximate surface area is 220 Å². The molecule has 0 atom stereocenters. The van der Waals surface area contributed by atoms with Crippen molar-refractivity contribution in [2.24, 2.45) is 0 Å². The molecular weight excluding hydrogens is 484 g/mol. The molecule has 1 aliphatic rings. The summed E-state index contributed by atoms with van der Waals surface area (Å²) in [7, 11) is 0. The van der Waals surface area contributed by atoms with Crippen LogP contribution in [0.15, 0.2) is 70.4 Å². The minimum atomic E-state index is -0.861. The van der Waals surface area contributed by atoms with Gasteiger partial charge in [-0.05, 0) is 49.2 Å². The molecule has 2 heterocycles. The number of hydrogen-bond acceptors (Lipinski definition) is 7. The molecule has 1 saturated heterocycles. The Balaban J connectivity index is 1.57. The number of para-hydroxylation sites is 1. The average molecular weight is 513 g/mol. The zero-order valence-corrected chi connectivity index (χ0v) is 21.4. The topological polar surface area (TPSA) is 127 Å². The van der Waals surface area contributed by atoms with Crippen molar-refractivity contribution in [2.75, 3.05) is 36.4 Å². The Bertz CT molecular complexity index is 1500. The number of ketones is 1. The number of aliphatic hydroxyl groups excluding tert-OH is 1. The minimum Gasteiger partial charge on any atom is -0.511 e. The van der Waals surface area contributed by atoms with E-state index in [4.69, 9.17) is 4.42 Å². The Kier molecular flexibility index (Phi) is 7.63. The molecular formula is C29H28N4O5. The van der Waals surface area contributed by atoms with E-state index in [-0.39, 0.29) is 17.4 Å². The highest BCUT2D eigenvalue weighted by atomic mass is 16.3. The monoisotopic (exact) mass is 512 g/mol. The van der Waals surface area contributed by atoms with Gasteiger partial charge < -0.3 is 24.6 Å². The van der Waals surface area contributed by atoms with Crippen LogP contribution in [0.25, 0.3) is 16.5 Å². The molecule has 1 aromatic heterocycles. The number of fused-ring (bicyclic) bond motifs is 1. The second-order valence-corrected chi connectivity index (χ2v) is 9.07. The van der Waals surface area contributed by atoms with Gasteiger partial charge in [0.05, 0.1) is 5.69 Å². The van der Waals surface area contributed by atoms with Crippen LogP contribution in [0.2, 0.25) is 0 Å². The first-order valence-electron chi connectivity index (χ1n) is 12.2. The van der Waals surface area contributed by atoms with Gasteiger partial charge in [-0.3, -0.25) is 14.4 Å². The number of hydrogen-bond donors (Lipinski definition) is 2. The van der Waals surface area contributed by atoms with Crippen LogP contribution < -0.4 is 10.2 Å². The van der Waals surface area contributed by atoms with Crippen molar-refractivity contribution >= 4 is 45.5 Å². The number of carbonyl (C=O) groups excluding carboxylic acids is 3. The predicted octanol–water partition coefficient (Wildman–Crippen LogP) is 4.68. The van der Waals surface area contributed by atoms with E-state index in [2.05, 4.69) is 22.3 Å². The third-order valence-corrected chi connectivity index (χ3v) is 6.45. The number of nitrogens with one attached hydrogen (secondary N) is 1. The number of rotatable bonds is 6. The van der Waals surface area contributed by atoms with Crippen molar-refractivity contribution in [3.63, 3.8) is 0 Å². The number of amides is 2. The molecule has 0 radical (unpaired) electrons. The maximum atomic E-state index is 13.0. The van der Waals surface area contributed by atoms with E-state index in [1.807, 2.05) is 30.0 Å². The summed E-state index contributed by atoms with van der Waals surface area (Å²) in [5, 5.41) is 21.8. The lowest BCUT2D eigenvalue weighted by Gasteiger charge is -2.35. The van der Waals surface area contributed by atoms with Gasteiger partial charge in [0.2, 0.25) is 5.91 Å². The lowest BCUT2D eigenvalue weighted by molar-refractivity contribution is -0.126. The summed E-state index contributed by atoms with van der Waals surface area (Å²) >= 11 is 0. The molecule has 0 saturated carbocycles. The molecule has 2 aromatic carbocycles. The standard InChI is InChI=1S/C29H28N4O5/c1-18(15-26(36)33-13-11-32(12-14-33)22-7-5-4-6-8-22)21-9-10-25-23(16-21)27(28(38-25)20(3)35)31-29(37)24(17-30)19(2)34/h4-10,15-16,34H,11-14H2,1-3H3,(H,31,37). The Morgan fingerprint density at radius 2 is 1.71 bits per heavy atom. The van der Waals surface area contributed by atoms with E-state index in [0.29, 0.717) is 35.2 Å². The number of allylic oxidation sites excluding steroid dienone is 2. The molecule has 0 spiro atoms. The molecule has 38 heavy (non-hydrogen) atoms. The number of Topliss-reactive ketones (excluding diaryl/α,β-unsaturated/α-hetero) is 1. The summed E-state index contributed by atoms with van der Waals surface area (Å²) < 4.78 is 5.67. The summed E-state index contributed by atoms with van der Waals surface area (Å²) in [5.74, 6) is -1.89. The number of nitrogens with zero attached hydrogens (tertiary/aromatic N) is 3. The van der Waals surface area contributed by atoms with Gasteiger partial charge in [0.1, 0.15) is 17.4 Å². The van der Waals surface area contributed by atoms with E-state index in [1.54, 1.807) is 30.3 Å². The number of anilines is 2. The maximum absolute atomic E-state index is 13.0. The first kappa shape index (κ1) is 26.2. The predicted molar refractivity (Wildman–Crippen MR) is 145 cm³/mol. The Morgan fingerprint density at radius 1 is 1.03 bits per heavy atom. The van der Waals surface area contributed by atoms with Gasteiger partial charge >= 0.3 is 0 Å². The van der Waals surface area contributed by atoms with Crippen LogP contribution in [0.5, 0.6) is 0 Å². The van der Waals surface area contributed by atoms with Crippen LogP contribution in [0, 0.1) is 11.3 Å². The maximum Gasteiger partial charge on any atom is 0.269 e. The minimum absolute atomic E-state index is 0.0765. The van der Waals surface area contributed by atoms with Crippen molar-refractivity contribution in [2.45, 2.75) is 20.8 Å². The van der Waals surface area contributed by atoms with Crippen LogP contribution in [-0.2, 0) is 9.59 Å². The van der Waals surface area contributed by atoms with Gasteiger partial charge in [-0.25, -0.2) is 0 Å². The van der Waals surface area contributed by atoms with E-state index in [0.717, 1.165) is 18.8 Å². The average Bonchev–Trinajstić information content (AvgIpc) is 3.27. The quantitative estimate of drug-likeness (QED) is 0.212. The Morgan fingerprint density at radius 3 is 2.32 bits per heavy atom. The van der Waals surface area contributed by atoms with E-state index in [9.17, 15) is 24.8 Å². The second-order valence-electron chi connectivity index (χ2n) is 9.07. The summed E-state index contributed by atoms with van der Waals surface area (Å²) in [6.45, 7) is 7.04. The highest BCUT2D eigenvalue weighted by molar-refractivity contribution is 6.15. The summed E-state index contributed by atoms with van der Waals surface area (Å²) in [6.07, 6.45) is 1.58. The van der Waals surface area contributed by atoms with Crippen LogP contribution in [0.1, 0.15) is 36.9 Å². The third kappa shape index (κ3) is 5.44. The zero-order chi connectivity index (χ0) is 27.4. The molecule has 9 nitrogen and oxygen atoms in total. The number of nitriles is 1. The van der Waals surface area contributed by atoms with Gasteiger partial charge in [-0.2, -0.15) is 5.26 Å². The highest BCUT2D eigenvalue weighted by Crippen LogP contribution is 2.34. The smallest absolute Gasteiger partial charge is 0.269 e. The first-order chi connectivity index (χ1) is 18.2. The molecule has 4 rings (SSSR count). The number of carbonyl (C=O) groups is 3. The fourth-order valence-electron chi connectivity index (χ4n) is 4.37. The van der Waals surface area contributed by atoms with E-state index >= 15 is 0 Å². The molecule has 2 N–H and O–H groups in total. The molecule has 1 fully saturated rings. The lowest BCUT2D eigenvalue weighted by Crippen LogP contribution is -2.48. The third-order valence-electron chi connectivity index (χ3n) is 6.45. The molecule has 2 amide bonds. The van der Waals surface area contributed by atoms with E-state index in [1.165, 1.54) is 13.8 Å². The largest absolute Gasteiger partial charge is 0.511 e. The summed E-state index contributed by atoms with van der Waals surface area (Å²) in [5.41, 5.74) is 2.53. The van der Waals surface area contributed by atoms with Gasteiger partial charge in [-0.15, -0.1) is 0 Å². The zero-order valence-electron chi connectivity index (χ0n) is 21.4. The summed E-state index contributed by atoms with van der Waals surface area (Å²) in [4.78, 5) is 41.9. The lowest BCUT2D eigenvalue weighted by atomic mass is 10.0. The summed E-state index contributed by atoms with van der Waals surface area (Å²) in [6, 6.07) is 16.9. The number of furan rings is 1. The van der Waals surface area contributed by atoms with E-state index < -0.39 is 23.0 Å². The molecule has 0 aliphatic carbocycles. The van der Waals surface area contributed by atoms with Crippen molar-refractivity contribution in [3.8, 4) is 6.07 Å². The molecule has 3 aromatic rings. The molecule has 0 unspecified atom stereocenters. The van der Waals surface area contributed by atoms with Crippen molar-refractivity contribution in [1.29, 1.82) is 5.26 Å². The normalized spacial score (nSPS) is 14.6. The number of aliphatic hydroxyl groups is 1. The molecule has 0 bridgehead atoms. The Hall–Kier alpha value is -4.84. The van der Waals surface area contributed by atoms with Gasteiger partial charge in [0.15, 0.2) is 17.1 Å². The SMILES string of the molecule is CC(=O)c1oc2ccc(C(C)=CC(=O)N3CCN(c4ccccc4)CC3)cc2c1NC(=O)C(C#N)=C(C)O. The van der Waals surface area contributed by atoms with Crippen LogP contribution in [0.3, 0.4) is 0 Å².